The molecule has 2 N–H and O–H groups in total. The van der Waals surface area contributed by atoms with Crippen LogP contribution in [0.4, 0.5) is 4.79 Å². The minimum atomic E-state index is -0.792. The summed E-state index contributed by atoms with van der Waals surface area (Å²) in [6, 6.07) is 7.00. The first-order valence-electron chi connectivity index (χ1n) is 11.9. The van der Waals surface area contributed by atoms with E-state index in [-0.39, 0.29) is 18.4 Å². The molecule has 3 amide bonds. The molecule has 186 valence electrons. The van der Waals surface area contributed by atoms with E-state index in [1.807, 2.05) is 45.0 Å². The molecule has 0 spiro atoms. The van der Waals surface area contributed by atoms with Crippen molar-refractivity contribution in [1.82, 2.24) is 15.5 Å². The van der Waals surface area contributed by atoms with Gasteiger partial charge in [0, 0.05) is 12.1 Å². The first-order valence-corrected chi connectivity index (χ1v) is 11.9. The van der Waals surface area contributed by atoms with Crippen molar-refractivity contribution in [2.24, 2.45) is 0 Å². The highest BCUT2D eigenvalue weighted by Gasteiger charge is 2.33. The van der Waals surface area contributed by atoms with Gasteiger partial charge in [-0.2, -0.15) is 0 Å². The maximum Gasteiger partial charge on any atom is 0.408 e. The van der Waals surface area contributed by atoms with E-state index in [9.17, 15) is 14.4 Å². The van der Waals surface area contributed by atoms with Crippen LogP contribution in [-0.2, 0) is 20.7 Å². The van der Waals surface area contributed by atoms with Crippen LogP contribution in [0.3, 0.4) is 0 Å². The van der Waals surface area contributed by atoms with Crippen LogP contribution < -0.4 is 10.6 Å². The Morgan fingerprint density at radius 2 is 1.58 bits per heavy atom. The van der Waals surface area contributed by atoms with Gasteiger partial charge in [0.05, 0.1) is 0 Å². The van der Waals surface area contributed by atoms with Crippen molar-refractivity contribution >= 4 is 17.9 Å². The molecule has 0 fully saturated rings. The molecule has 1 unspecified atom stereocenters. The molecule has 33 heavy (non-hydrogen) atoms. The highest BCUT2D eigenvalue weighted by molar-refractivity contribution is 5.90. The Kier molecular flexibility index (Phi) is 10.9. The van der Waals surface area contributed by atoms with Gasteiger partial charge in [-0.1, -0.05) is 51.0 Å². The predicted octanol–water partition coefficient (Wildman–Crippen LogP) is 4.75. The van der Waals surface area contributed by atoms with Crippen LogP contribution in [0.1, 0.15) is 91.8 Å². The monoisotopic (exact) mass is 461 g/mol. The first-order chi connectivity index (χ1) is 15.3. The van der Waals surface area contributed by atoms with Crippen LogP contribution in [-0.4, -0.2) is 47.0 Å². The van der Waals surface area contributed by atoms with Gasteiger partial charge in [-0.25, -0.2) is 4.79 Å². The topological polar surface area (TPSA) is 87.7 Å². The zero-order chi connectivity index (χ0) is 25.2. The highest BCUT2D eigenvalue weighted by atomic mass is 16.6. The van der Waals surface area contributed by atoms with Gasteiger partial charge in [-0.15, -0.1) is 0 Å². The molecule has 0 saturated carbocycles. The SMILES string of the molecule is CCCCCN(C(=O)CNC(=O)OC(C)(C)C)C(C(=O)NC(C)(C)C)c1ccc(CC)cc1. The third-order valence-corrected chi connectivity index (χ3v) is 4.87. The summed E-state index contributed by atoms with van der Waals surface area (Å²) in [7, 11) is 0. The molecule has 1 aromatic rings. The number of unbranched alkanes of at least 4 members (excludes halogenated alkanes) is 2. The van der Waals surface area contributed by atoms with Gasteiger partial charge < -0.3 is 20.3 Å². The maximum absolute atomic E-state index is 13.4. The van der Waals surface area contributed by atoms with Crippen molar-refractivity contribution in [1.29, 1.82) is 0 Å². The lowest BCUT2D eigenvalue weighted by molar-refractivity contribution is -0.141. The Hall–Kier alpha value is -2.57. The minimum absolute atomic E-state index is 0.242. The molecule has 0 aliphatic rings. The largest absolute Gasteiger partial charge is 0.444 e. The van der Waals surface area contributed by atoms with E-state index in [0.717, 1.165) is 36.8 Å². The van der Waals surface area contributed by atoms with E-state index in [0.29, 0.717) is 6.54 Å². The van der Waals surface area contributed by atoms with Crippen molar-refractivity contribution in [3.8, 4) is 0 Å². The fourth-order valence-electron chi connectivity index (χ4n) is 3.34. The number of carbonyl (C=O) groups is 3. The van der Waals surface area contributed by atoms with E-state index in [4.69, 9.17) is 4.74 Å². The Bertz CT molecular complexity index is 776. The number of hydrogen-bond acceptors (Lipinski definition) is 4. The molecular weight excluding hydrogens is 418 g/mol. The van der Waals surface area contributed by atoms with Crippen molar-refractivity contribution in [2.75, 3.05) is 13.1 Å². The van der Waals surface area contributed by atoms with Crippen LogP contribution >= 0.6 is 0 Å². The molecule has 0 heterocycles. The number of carbonyl (C=O) groups excluding carboxylic acids is 3. The smallest absolute Gasteiger partial charge is 0.408 e. The predicted molar refractivity (Wildman–Crippen MR) is 132 cm³/mol. The molecule has 0 aliphatic carbocycles. The van der Waals surface area contributed by atoms with E-state index >= 15 is 0 Å². The number of benzene rings is 1. The third-order valence-electron chi connectivity index (χ3n) is 4.87. The molecule has 1 atom stereocenters. The third kappa shape index (κ3) is 10.7. The zero-order valence-corrected chi connectivity index (χ0v) is 21.7. The summed E-state index contributed by atoms with van der Waals surface area (Å²) in [5, 5.41) is 5.56. The van der Waals surface area contributed by atoms with Crippen LogP contribution in [0.15, 0.2) is 24.3 Å². The molecule has 0 saturated heterocycles. The lowest BCUT2D eigenvalue weighted by atomic mass is 9.99. The molecular formula is C26H43N3O4. The average molecular weight is 462 g/mol. The van der Waals surface area contributed by atoms with Crippen LogP contribution in [0.2, 0.25) is 0 Å². The van der Waals surface area contributed by atoms with Gasteiger partial charge >= 0.3 is 6.09 Å². The number of amides is 3. The van der Waals surface area contributed by atoms with E-state index in [2.05, 4.69) is 24.5 Å². The van der Waals surface area contributed by atoms with Gasteiger partial charge in [-0.3, -0.25) is 9.59 Å². The van der Waals surface area contributed by atoms with Gasteiger partial charge in [-0.05, 0) is 65.5 Å². The van der Waals surface area contributed by atoms with E-state index < -0.39 is 23.3 Å². The second-order valence-electron chi connectivity index (χ2n) is 10.4. The summed E-state index contributed by atoms with van der Waals surface area (Å²) < 4.78 is 5.25. The molecule has 1 rings (SSSR count). The quantitative estimate of drug-likeness (QED) is 0.492. The molecule has 0 aliphatic heterocycles. The van der Waals surface area contributed by atoms with Gasteiger partial charge in [0.2, 0.25) is 11.8 Å². The van der Waals surface area contributed by atoms with Crippen LogP contribution in [0.25, 0.3) is 0 Å². The summed E-state index contributed by atoms with van der Waals surface area (Å²) in [5.41, 5.74) is 0.788. The Balaban J connectivity index is 3.23. The zero-order valence-electron chi connectivity index (χ0n) is 21.7. The van der Waals surface area contributed by atoms with E-state index in [1.54, 1.807) is 25.7 Å². The molecule has 7 heteroatoms. The number of nitrogens with zero attached hydrogens (tertiary/aromatic N) is 1. The molecule has 1 aromatic carbocycles. The van der Waals surface area contributed by atoms with Crippen LogP contribution in [0.5, 0.6) is 0 Å². The number of ether oxygens (including phenoxy) is 1. The van der Waals surface area contributed by atoms with Crippen molar-refractivity contribution in [3.05, 3.63) is 35.4 Å². The Labute approximate surface area is 199 Å². The Morgan fingerprint density at radius 1 is 0.970 bits per heavy atom. The second kappa shape index (κ2) is 12.6. The molecule has 7 nitrogen and oxygen atoms in total. The number of nitrogens with one attached hydrogen (secondary N) is 2. The van der Waals surface area contributed by atoms with Gasteiger partial charge in [0.15, 0.2) is 0 Å². The molecule has 0 bridgehead atoms. The molecule has 0 aromatic heterocycles. The standard InChI is InChI=1S/C26H43N3O4/c1-9-11-12-17-29(21(30)18-27-24(32)33-26(6,7)8)22(23(31)28-25(3,4)5)20-15-13-19(10-2)14-16-20/h13-16,22H,9-12,17-18H2,1-8H3,(H,27,32)(H,28,31). The lowest BCUT2D eigenvalue weighted by Gasteiger charge is -2.34. The van der Waals surface area contributed by atoms with Gasteiger partial charge in [0.1, 0.15) is 18.2 Å². The van der Waals surface area contributed by atoms with Crippen LogP contribution in [0, 0.1) is 0 Å². The summed E-state index contributed by atoms with van der Waals surface area (Å²) >= 11 is 0. The number of hydrogen-bond donors (Lipinski definition) is 2. The summed E-state index contributed by atoms with van der Waals surface area (Å²) in [4.78, 5) is 40.4. The number of rotatable bonds is 10. The van der Waals surface area contributed by atoms with Crippen molar-refractivity contribution in [2.45, 2.75) is 98.3 Å². The summed E-state index contributed by atoms with van der Waals surface area (Å²) in [6.07, 6.45) is 2.92. The summed E-state index contributed by atoms with van der Waals surface area (Å²) in [6.45, 7) is 15.4. The second-order valence-corrected chi connectivity index (χ2v) is 10.4. The summed E-state index contributed by atoms with van der Waals surface area (Å²) in [5.74, 6) is -0.570. The first kappa shape index (κ1) is 28.5. The fourth-order valence-corrected chi connectivity index (χ4v) is 3.34. The minimum Gasteiger partial charge on any atom is -0.444 e. The normalized spacial score (nSPS) is 12.6. The van der Waals surface area contributed by atoms with Gasteiger partial charge in [0.25, 0.3) is 0 Å². The maximum atomic E-state index is 13.4. The number of alkyl carbamates (subject to hydrolysis) is 1. The van der Waals surface area contributed by atoms with E-state index in [1.165, 1.54) is 0 Å². The molecule has 0 radical (unpaired) electrons. The average Bonchev–Trinajstić information content (AvgIpc) is 2.69. The highest BCUT2D eigenvalue weighted by Crippen LogP contribution is 2.24. The number of aryl methyl sites for hydroxylation is 1. The fraction of sp³-hybridized carbons (Fsp3) is 0.654. The lowest BCUT2D eigenvalue weighted by Crippen LogP contribution is -2.51. The Morgan fingerprint density at radius 3 is 2.06 bits per heavy atom. The van der Waals surface area contributed by atoms with Crippen molar-refractivity contribution in [3.63, 3.8) is 0 Å². The van der Waals surface area contributed by atoms with Crippen molar-refractivity contribution < 1.29 is 19.1 Å².